The van der Waals surface area contributed by atoms with E-state index in [9.17, 15) is 0 Å². The van der Waals surface area contributed by atoms with Crippen molar-refractivity contribution in [1.29, 1.82) is 0 Å². The summed E-state index contributed by atoms with van der Waals surface area (Å²) in [5.41, 5.74) is 0. The van der Waals surface area contributed by atoms with E-state index in [0.29, 0.717) is 12.5 Å². The maximum atomic E-state index is 5.91. The number of ether oxygens (including phenoxy) is 4. The van der Waals surface area contributed by atoms with Crippen molar-refractivity contribution in [2.24, 2.45) is 5.92 Å². The molecule has 0 radical (unpaired) electrons. The molecule has 0 aliphatic carbocycles. The van der Waals surface area contributed by atoms with Crippen LogP contribution in [-0.4, -0.2) is 44.9 Å². The summed E-state index contributed by atoms with van der Waals surface area (Å²) in [4.78, 5) is 0. The minimum absolute atomic E-state index is 0.0145. The van der Waals surface area contributed by atoms with Crippen LogP contribution in [0.1, 0.15) is 26.7 Å². The second kappa shape index (κ2) is 5.45. The Morgan fingerprint density at radius 2 is 2.19 bits per heavy atom. The highest BCUT2D eigenvalue weighted by atomic mass is 16.7. The fourth-order valence-electron chi connectivity index (χ4n) is 2.11. The first kappa shape index (κ1) is 12.3. The van der Waals surface area contributed by atoms with Crippen molar-refractivity contribution >= 4 is 0 Å². The van der Waals surface area contributed by atoms with Gasteiger partial charge in [-0.3, -0.25) is 0 Å². The van der Waals surface area contributed by atoms with E-state index in [1.54, 1.807) is 7.11 Å². The average Bonchev–Trinajstić information content (AvgIpc) is 2.73. The second-order valence-electron chi connectivity index (χ2n) is 4.77. The Morgan fingerprint density at radius 3 is 2.88 bits per heavy atom. The Balaban J connectivity index is 1.84. The average molecular weight is 230 g/mol. The summed E-state index contributed by atoms with van der Waals surface area (Å²) in [6, 6.07) is 0. The molecule has 0 aromatic heterocycles. The van der Waals surface area contributed by atoms with Gasteiger partial charge in [0.25, 0.3) is 0 Å². The second-order valence-corrected chi connectivity index (χ2v) is 4.77. The number of hydrogen-bond acceptors (Lipinski definition) is 4. The van der Waals surface area contributed by atoms with Crippen LogP contribution in [0.5, 0.6) is 0 Å². The zero-order valence-electron chi connectivity index (χ0n) is 10.3. The van der Waals surface area contributed by atoms with E-state index in [4.69, 9.17) is 18.9 Å². The van der Waals surface area contributed by atoms with Crippen molar-refractivity contribution in [3.63, 3.8) is 0 Å². The Morgan fingerprint density at radius 1 is 1.38 bits per heavy atom. The van der Waals surface area contributed by atoms with Crippen LogP contribution in [-0.2, 0) is 18.9 Å². The molecule has 0 aromatic rings. The molecule has 4 heteroatoms. The highest BCUT2D eigenvalue weighted by Crippen LogP contribution is 2.31. The van der Waals surface area contributed by atoms with Crippen LogP contribution in [0.15, 0.2) is 0 Å². The molecule has 2 rings (SSSR count). The number of methoxy groups -OCH3 is 1. The van der Waals surface area contributed by atoms with Gasteiger partial charge in [0.2, 0.25) is 0 Å². The van der Waals surface area contributed by atoms with Gasteiger partial charge in [0, 0.05) is 20.1 Å². The van der Waals surface area contributed by atoms with Crippen LogP contribution in [0.2, 0.25) is 0 Å². The molecule has 0 amide bonds. The first-order valence-electron chi connectivity index (χ1n) is 6.16. The molecule has 0 spiro atoms. The van der Waals surface area contributed by atoms with Crippen LogP contribution in [0.25, 0.3) is 0 Å². The molecule has 0 N–H and O–H groups in total. The lowest BCUT2D eigenvalue weighted by molar-refractivity contribution is -0.200. The highest BCUT2D eigenvalue weighted by Gasteiger charge is 2.44. The van der Waals surface area contributed by atoms with Crippen LogP contribution in [0.3, 0.4) is 0 Å². The fourth-order valence-corrected chi connectivity index (χ4v) is 2.11. The predicted molar refractivity (Wildman–Crippen MR) is 59.2 cm³/mol. The van der Waals surface area contributed by atoms with E-state index in [1.165, 1.54) is 0 Å². The number of rotatable bonds is 5. The van der Waals surface area contributed by atoms with Crippen molar-refractivity contribution in [3.8, 4) is 0 Å². The third-order valence-electron chi connectivity index (χ3n) is 3.51. The summed E-state index contributed by atoms with van der Waals surface area (Å²) in [5.74, 6) is 0.598. The van der Waals surface area contributed by atoms with Gasteiger partial charge in [-0.2, -0.15) is 0 Å². The van der Waals surface area contributed by atoms with Crippen molar-refractivity contribution < 1.29 is 18.9 Å². The molecule has 2 fully saturated rings. The van der Waals surface area contributed by atoms with Crippen molar-refractivity contribution in [1.82, 2.24) is 0 Å². The molecular weight excluding hydrogens is 208 g/mol. The van der Waals surface area contributed by atoms with Crippen molar-refractivity contribution in [2.75, 3.05) is 20.3 Å². The predicted octanol–water partition coefficient (Wildman–Crippen LogP) is 1.58. The molecule has 1 unspecified atom stereocenters. The van der Waals surface area contributed by atoms with E-state index in [2.05, 4.69) is 13.8 Å². The van der Waals surface area contributed by atoms with Crippen molar-refractivity contribution in [2.45, 2.75) is 51.3 Å². The van der Waals surface area contributed by atoms with Crippen LogP contribution >= 0.6 is 0 Å². The number of hydrogen-bond donors (Lipinski definition) is 0. The Kier molecular flexibility index (Phi) is 4.19. The van der Waals surface area contributed by atoms with Gasteiger partial charge in [0.1, 0.15) is 12.2 Å². The molecule has 2 bridgehead atoms. The Labute approximate surface area is 97.2 Å². The largest absolute Gasteiger partial charge is 0.376 e. The molecule has 2 aliphatic rings. The monoisotopic (exact) mass is 230 g/mol. The van der Waals surface area contributed by atoms with Crippen LogP contribution in [0, 0.1) is 5.92 Å². The minimum atomic E-state index is -0.182. The van der Waals surface area contributed by atoms with E-state index in [-0.39, 0.29) is 24.6 Å². The summed E-state index contributed by atoms with van der Waals surface area (Å²) in [6.45, 7) is 5.81. The summed E-state index contributed by atoms with van der Waals surface area (Å²) in [7, 11) is 1.70. The third kappa shape index (κ3) is 2.56. The minimum Gasteiger partial charge on any atom is -0.376 e. The summed E-state index contributed by atoms with van der Waals surface area (Å²) in [5, 5.41) is 0. The quantitative estimate of drug-likeness (QED) is 0.718. The van der Waals surface area contributed by atoms with Crippen molar-refractivity contribution in [3.05, 3.63) is 0 Å². The molecule has 5 atom stereocenters. The fraction of sp³-hybridized carbons (Fsp3) is 1.00. The Hall–Kier alpha value is -0.160. The van der Waals surface area contributed by atoms with Gasteiger partial charge in [-0.05, 0) is 5.92 Å². The van der Waals surface area contributed by atoms with E-state index < -0.39 is 0 Å². The summed E-state index contributed by atoms with van der Waals surface area (Å²) >= 11 is 0. The van der Waals surface area contributed by atoms with Crippen LogP contribution < -0.4 is 0 Å². The maximum Gasteiger partial charge on any atom is 0.184 e. The normalized spacial score (nSPS) is 39.9. The van der Waals surface area contributed by atoms with Gasteiger partial charge in [-0.25, -0.2) is 0 Å². The first-order valence-corrected chi connectivity index (χ1v) is 6.16. The zero-order chi connectivity index (χ0) is 11.5. The lowest BCUT2D eigenvalue weighted by atomic mass is 10.0. The molecule has 0 aromatic carbocycles. The summed E-state index contributed by atoms with van der Waals surface area (Å²) < 4.78 is 22.5. The maximum absolute atomic E-state index is 5.91. The SMILES string of the molecule is CC[C@H](C)CO[C@H]1C[C@@H](OC)C2OC[C@H]1O2. The molecule has 16 heavy (non-hydrogen) atoms. The third-order valence-corrected chi connectivity index (χ3v) is 3.51. The lowest BCUT2D eigenvalue weighted by Crippen LogP contribution is -2.44. The zero-order valence-corrected chi connectivity index (χ0v) is 10.3. The number of fused-ring (bicyclic) bond motifs is 2. The van der Waals surface area contributed by atoms with Gasteiger partial charge in [-0.15, -0.1) is 0 Å². The van der Waals surface area contributed by atoms with Gasteiger partial charge in [0.15, 0.2) is 6.29 Å². The molecule has 4 nitrogen and oxygen atoms in total. The molecule has 0 saturated carbocycles. The molecule has 2 saturated heterocycles. The topological polar surface area (TPSA) is 36.9 Å². The molecule has 2 heterocycles. The van der Waals surface area contributed by atoms with Gasteiger partial charge in [0.05, 0.1) is 12.7 Å². The van der Waals surface area contributed by atoms with Gasteiger partial charge >= 0.3 is 0 Å². The van der Waals surface area contributed by atoms with Gasteiger partial charge in [-0.1, -0.05) is 20.3 Å². The molecule has 2 aliphatic heterocycles. The van der Waals surface area contributed by atoms with Gasteiger partial charge < -0.3 is 18.9 Å². The first-order chi connectivity index (χ1) is 7.74. The molecular formula is C12H22O4. The van der Waals surface area contributed by atoms with Crippen LogP contribution in [0.4, 0.5) is 0 Å². The van der Waals surface area contributed by atoms with E-state index in [0.717, 1.165) is 19.4 Å². The van der Waals surface area contributed by atoms with E-state index in [1.807, 2.05) is 0 Å². The highest BCUT2D eigenvalue weighted by molar-refractivity contribution is 4.87. The van der Waals surface area contributed by atoms with E-state index >= 15 is 0 Å². The Bertz CT molecular complexity index is 221. The molecule has 94 valence electrons. The smallest absolute Gasteiger partial charge is 0.184 e. The standard InChI is InChI=1S/C12H22O4/c1-4-8(2)6-14-9-5-10(13-3)12-15-7-11(9)16-12/h8-12H,4-7H2,1-3H3/t8-,9-,10+,11+,12?/m0/s1. The summed E-state index contributed by atoms with van der Waals surface area (Å²) in [6.07, 6.45) is 2.07. The lowest BCUT2D eigenvalue weighted by Gasteiger charge is -2.33.